The van der Waals surface area contributed by atoms with Crippen molar-refractivity contribution in [2.75, 3.05) is 13.2 Å². The molecule has 0 unspecified atom stereocenters. The third-order valence-corrected chi connectivity index (χ3v) is 19.5. The smallest absolute Gasteiger partial charge is 0.335 e. The van der Waals surface area contributed by atoms with E-state index in [1.807, 2.05) is 6.92 Å². The molecule has 8 rings (SSSR count). The maximum Gasteiger partial charge on any atom is 0.335 e. The second-order valence-electron chi connectivity index (χ2n) is 23.6. The highest BCUT2D eigenvalue weighted by Crippen LogP contribution is 2.76. The van der Waals surface area contributed by atoms with Gasteiger partial charge in [0.25, 0.3) is 0 Å². The number of carboxylic acid groups (broad SMARTS) is 1. The minimum Gasteiger partial charge on any atom is -0.479 e. The van der Waals surface area contributed by atoms with Gasteiger partial charge in [0.05, 0.1) is 31.5 Å². The van der Waals surface area contributed by atoms with Crippen LogP contribution in [0, 0.1) is 50.2 Å². The molecule has 0 aromatic heterocycles. The number of hydrogen-bond donors (Lipinski definition) is 11. The first-order valence-electron chi connectivity index (χ1n) is 24.3. The standard InChI is InChI=1S/C48H78O18/c1-21-29(52)31(54)35(58)40(61-21)65-37-32(55)30(53)24(19-49)62-41(37)66-38-34(57)33(56)36(39(59)60)64-42(38)63-28-12-13-45(5)25(46(28,6)20-50)11-14-48(8)26(45)10-9-22-23-17-43(2,3)18-27(51)44(23,4)15-16-47(22,48)7/h9,21,23-38,40-42,49-58H,10-20H2,1-8H3,(H,59,60)/t21-,23-,24+,25+,26+,27+,28-,29-,30-,31+,32-,33-,34-,35+,36-,37+,38+,40-,41-,42-,44+,45-,46+,47+,48+/m0/s1. The number of allylic oxidation sites excluding steroid dienone is 2. The molecule has 3 aliphatic heterocycles. The van der Waals surface area contributed by atoms with Crippen molar-refractivity contribution < 1.29 is 89.4 Å². The largest absolute Gasteiger partial charge is 0.479 e. The summed E-state index contributed by atoms with van der Waals surface area (Å²) in [4.78, 5) is 12.5. The summed E-state index contributed by atoms with van der Waals surface area (Å²) >= 11 is 0. The number of fused-ring (bicyclic) bond motifs is 7. The van der Waals surface area contributed by atoms with E-state index in [1.54, 1.807) is 0 Å². The van der Waals surface area contributed by atoms with Crippen LogP contribution in [0.1, 0.15) is 113 Å². The maximum atomic E-state index is 12.5. The Hall–Kier alpha value is -1.43. The number of aliphatic hydroxyl groups excluding tert-OH is 10. The molecule has 18 nitrogen and oxygen atoms in total. The van der Waals surface area contributed by atoms with E-state index < -0.39 is 116 Å². The topological polar surface area (TPSA) is 295 Å². The van der Waals surface area contributed by atoms with Crippen molar-refractivity contribution in [3.05, 3.63) is 11.6 Å². The summed E-state index contributed by atoms with van der Waals surface area (Å²) in [5, 5.41) is 120. The van der Waals surface area contributed by atoms with Crippen molar-refractivity contribution in [3.63, 3.8) is 0 Å². The number of ether oxygens (including phenoxy) is 6. The molecule has 378 valence electrons. The Bertz CT molecular complexity index is 1820. The first-order valence-corrected chi connectivity index (χ1v) is 24.3. The molecule has 25 atom stereocenters. The molecule has 7 fully saturated rings. The Morgan fingerprint density at radius 1 is 0.667 bits per heavy atom. The summed E-state index contributed by atoms with van der Waals surface area (Å²) in [6.07, 6.45) is -17.6. The zero-order valence-corrected chi connectivity index (χ0v) is 39.7. The van der Waals surface area contributed by atoms with Gasteiger partial charge in [0, 0.05) is 10.8 Å². The molecule has 66 heavy (non-hydrogen) atoms. The summed E-state index contributed by atoms with van der Waals surface area (Å²) in [5.41, 5.74) is -0.0545. The quantitative estimate of drug-likeness (QED) is 0.112. The van der Waals surface area contributed by atoms with Crippen molar-refractivity contribution in [2.45, 2.75) is 218 Å². The zero-order valence-electron chi connectivity index (χ0n) is 39.7. The number of rotatable bonds is 9. The number of carbonyl (C=O) groups is 1. The van der Waals surface area contributed by atoms with Crippen molar-refractivity contribution >= 4 is 5.97 Å². The van der Waals surface area contributed by atoms with Gasteiger partial charge in [-0.2, -0.15) is 0 Å². The van der Waals surface area contributed by atoms with Gasteiger partial charge in [-0.3, -0.25) is 0 Å². The molecule has 8 aliphatic rings. The fourth-order valence-electron chi connectivity index (χ4n) is 15.1. The highest BCUT2D eigenvalue weighted by atomic mass is 16.8. The predicted molar refractivity (Wildman–Crippen MR) is 231 cm³/mol. The molecular weight excluding hydrogens is 865 g/mol. The third kappa shape index (κ3) is 7.78. The van der Waals surface area contributed by atoms with Gasteiger partial charge in [0.2, 0.25) is 0 Å². The zero-order chi connectivity index (χ0) is 48.4. The first-order chi connectivity index (χ1) is 30.7. The monoisotopic (exact) mass is 943 g/mol. The number of aliphatic hydroxyl groups is 10. The van der Waals surface area contributed by atoms with Crippen LogP contribution >= 0.6 is 0 Å². The molecule has 11 N–H and O–H groups in total. The lowest BCUT2D eigenvalue weighted by Gasteiger charge is -2.72. The Balaban J connectivity index is 1.08. The molecule has 3 heterocycles. The van der Waals surface area contributed by atoms with Crippen molar-refractivity contribution in [2.24, 2.45) is 50.2 Å². The summed E-state index contributed by atoms with van der Waals surface area (Å²) in [6, 6.07) is 0. The Kier molecular flexibility index (Phi) is 13.7. The Morgan fingerprint density at radius 3 is 1.94 bits per heavy atom. The lowest BCUT2D eigenvalue weighted by Crippen LogP contribution is -2.68. The molecule has 3 saturated heterocycles. The molecule has 0 spiro atoms. The Morgan fingerprint density at radius 2 is 1.30 bits per heavy atom. The summed E-state index contributed by atoms with van der Waals surface area (Å²) in [7, 11) is 0. The molecule has 0 amide bonds. The second-order valence-corrected chi connectivity index (χ2v) is 23.6. The van der Waals surface area contributed by atoms with Gasteiger partial charge >= 0.3 is 5.97 Å². The van der Waals surface area contributed by atoms with Crippen LogP contribution in [0.4, 0.5) is 0 Å². The number of hydrogen-bond acceptors (Lipinski definition) is 17. The van der Waals surface area contributed by atoms with Crippen LogP contribution in [0.25, 0.3) is 0 Å². The van der Waals surface area contributed by atoms with E-state index >= 15 is 0 Å². The van der Waals surface area contributed by atoms with Crippen molar-refractivity contribution in [1.29, 1.82) is 0 Å². The predicted octanol–water partition coefficient (Wildman–Crippen LogP) is 0.705. The van der Waals surface area contributed by atoms with E-state index in [-0.39, 0.29) is 57.5 Å². The van der Waals surface area contributed by atoms with Crippen LogP contribution in [0.3, 0.4) is 0 Å². The summed E-state index contributed by atoms with van der Waals surface area (Å²) in [6.45, 7) is 16.3. The third-order valence-electron chi connectivity index (χ3n) is 19.5. The molecule has 18 heteroatoms. The molecule has 5 aliphatic carbocycles. The second kappa shape index (κ2) is 17.7. The van der Waals surface area contributed by atoms with Crippen molar-refractivity contribution in [1.82, 2.24) is 0 Å². The highest BCUT2D eigenvalue weighted by Gasteiger charge is 2.70. The normalized spacial score (nSPS) is 55.9. The minimum atomic E-state index is -2.07. The van der Waals surface area contributed by atoms with Gasteiger partial charge in [-0.15, -0.1) is 0 Å². The fraction of sp³-hybridized carbons (Fsp3) is 0.938. The molecule has 0 bridgehead atoms. The highest BCUT2D eigenvalue weighted by molar-refractivity contribution is 5.73. The average molecular weight is 943 g/mol. The summed E-state index contributed by atoms with van der Waals surface area (Å²) < 4.78 is 36.2. The van der Waals surface area contributed by atoms with E-state index in [0.717, 1.165) is 44.9 Å². The number of aliphatic carboxylic acids is 1. The van der Waals surface area contributed by atoms with Gasteiger partial charge < -0.3 is 84.6 Å². The van der Waals surface area contributed by atoms with Crippen LogP contribution in [-0.4, -0.2) is 180 Å². The van der Waals surface area contributed by atoms with Crippen molar-refractivity contribution in [3.8, 4) is 0 Å². The molecule has 0 radical (unpaired) electrons. The van der Waals surface area contributed by atoms with Gasteiger partial charge in [-0.1, -0.05) is 60.1 Å². The van der Waals surface area contributed by atoms with Crippen LogP contribution in [-0.2, 0) is 33.2 Å². The van der Waals surface area contributed by atoms with Crippen LogP contribution in [0.5, 0.6) is 0 Å². The fourth-order valence-corrected chi connectivity index (χ4v) is 15.1. The van der Waals surface area contributed by atoms with Crippen LogP contribution in [0.15, 0.2) is 11.6 Å². The molecular formula is C48H78O18. The van der Waals surface area contributed by atoms with Crippen LogP contribution < -0.4 is 0 Å². The minimum absolute atomic E-state index is 0.0166. The SMILES string of the molecule is C[C@@H]1O[C@@H](O[C@H]2[C@H](O[C@H]3[C@@H](O[C@H]4CC[C@@]5(C)[C@@H](CC[C@]6(C)[C@@H]5CC=C5[C@@H]7CC(C)(C)C[C@@H](O)[C@]7(C)CC[C@]56C)[C@@]4(C)CO)O[C@H](C(=O)O)[C@@H](O)[C@@H]3O)O[C@H](CO)[C@H](O)[C@@H]2O)[C@H](O)[C@H](O)[C@H]1O. The molecule has 4 saturated carbocycles. The molecule has 0 aromatic carbocycles. The van der Waals surface area contributed by atoms with E-state index in [0.29, 0.717) is 12.8 Å². The lowest BCUT2D eigenvalue weighted by molar-refractivity contribution is -0.396. The summed E-state index contributed by atoms with van der Waals surface area (Å²) in [5.74, 6) is -1.16. The maximum absolute atomic E-state index is 12.5. The van der Waals surface area contributed by atoms with Crippen LogP contribution in [0.2, 0.25) is 0 Å². The van der Waals surface area contributed by atoms with Gasteiger partial charge in [0.15, 0.2) is 25.0 Å². The van der Waals surface area contributed by atoms with Gasteiger partial charge in [-0.05, 0) is 104 Å². The molecule has 0 aromatic rings. The first kappa shape index (κ1) is 50.9. The lowest BCUT2D eigenvalue weighted by atomic mass is 9.33. The number of carboxylic acids is 1. The average Bonchev–Trinajstić information content (AvgIpc) is 3.25. The Labute approximate surface area is 387 Å². The van der Waals surface area contributed by atoms with Gasteiger partial charge in [-0.25, -0.2) is 4.79 Å². The van der Waals surface area contributed by atoms with Gasteiger partial charge in [0.1, 0.15) is 61.0 Å². The van der Waals surface area contributed by atoms with E-state index in [2.05, 4.69) is 47.6 Å². The van der Waals surface area contributed by atoms with E-state index in [9.17, 15) is 61.0 Å². The van der Waals surface area contributed by atoms with E-state index in [4.69, 9.17) is 28.4 Å². The van der Waals surface area contributed by atoms with E-state index in [1.165, 1.54) is 12.5 Å².